The number of hydrogen-bond donors (Lipinski definition) is 3. The lowest BCUT2D eigenvalue weighted by Gasteiger charge is -2.30. The molecule has 4 rings (SSSR count). The highest BCUT2D eigenvalue weighted by molar-refractivity contribution is 6.10. The number of nitrogens with zero attached hydrogens (tertiary/aromatic N) is 2. The topological polar surface area (TPSA) is 128 Å². The minimum Gasteiger partial charge on any atom is -0.322 e. The Morgan fingerprint density at radius 3 is 2.15 bits per heavy atom. The molecule has 7 amide bonds. The first-order valence-electron chi connectivity index (χ1n) is 11.6. The van der Waals surface area contributed by atoms with Gasteiger partial charge in [0.2, 0.25) is 0 Å². The highest BCUT2D eigenvalue weighted by Crippen LogP contribution is 2.33. The molecular formula is C24H31N5O5. The number of nitrogens with one attached hydrogen (secondary N) is 3. The zero-order valence-corrected chi connectivity index (χ0v) is 20.0. The van der Waals surface area contributed by atoms with Crippen LogP contribution in [0.1, 0.15) is 70.9 Å². The van der Waals surface area contributed by atoms with Gasteiger partial charge in [-0.2, -0.15) is 5.01 Å². The molecule has 182 valence electrons. The van der Waals surface area contributed by atoms with E-state index in [9.17, 15) is 24.0 Å². The molecule has 0 radical (unpaired) electrons. The van der Waals surface area contributed by atoms with Crippen molar-refractivity contribution in [2.75, 3.05) is 6.54 Å². The van der Waals surface area contributed by atoms with Crippen LogP contribution in [0.4, 0.5) is 9.59 Å². The number of carbonyl (C=O) groups is 5. The second kappa shape index (κ2) is 8.11. The van der Waals surface area contributed by atoms with E-state index in [-0.39, 0.29) is 5.41 Å². The van der Waals surface area contributed by atoms with Crippen molar-refractivity contribution in [1.82, 2.24) is 26.0 Å². The molecule has 3 N–H and O–H groups in total. The second-order valence-electron chi connectivity index (χ2n) is 10.5. The molecule has 2 saturated heterocycles. The van der Waals surface area contributed by atoms with Crippen LogP contribution in [0.15, 0.2) is 24.3 Å². The van der Waals surface area contributed by atoms with Crippen LogP contribution < -0.4 is 16.1 Å². The van der Waals surface area contributed by atoms with E-state index in [1.165, 1.54) is 0 Å². The Balaban J connectivity index is 1.44. The highest BCUT2D eigenvalue weighted by atomic mass is 16.2. The molecule has 34 heavy (non-hydrogen) atoms. The summed E-state index contributed by atoms with van der Waals surface area (Å²) in [5.41, 5.74) is 1.56. The van der Waals surface area contributed by atoms with E-state index in [1.54, 1.807) is 19.1 Å². The molecule has 2 aliphatic heterocycles. The molecular weight excluding hydrogens is 438 g/mol. The Bertz CT molecular complexity index is 1050. The zero-order chi connectivity index (χ0) is 24.9. The van der Waals surface area contributed by atoms with Crippen LogP contribution in [0.5, 0.6) is 0 Å². The number of amides is 7. The van der Waals surface area contributed by atoms with Gasteiger partial charge in [-0.1, -0.05) is 64.3 Å². The molecule has 1 aromatic carbocycles. The summed E-state index contributed by atoms with van der Waals surface area (Å²) in [7, 11) is 0. The monoisotopic (exact) mass is 469 g/mol. The number of benzene rings is 1. The van der Waals surface area contributed by atoms with Gasteiger partial charge >= 0.3 is 12.1 Å². The van der Waals surface area contributed by atoms with Gasteiger partial charge in [-0.15, -0.1) is 0 Å². The Morgan fingerprint density at radius 2 is 1.56 bits per heavy atom. The van der Waals surface area contributed by atoms with Gasteiger partial charge in [-0.3, -0.25) is 24.7 Å². The Morgan fingerprint density at radius 1 is 0.941 bits per heavy atom. The fraction of sp³-hybridized carbons (Fsp3) is 0.542. The van der Waals surface area contributed by atoms with Crippen LogP contribution in [0, 0.1) is 0 Å². The van der Waals surface area contributed by atoms with Crippen LogP contribution in [0.3, 0.4) is 0 Å². The quantitative estimate of drug-likeness (QED) is 0.582. The Hall–Kier alpha value is -3.43. The van der Waals surface area contributed by atoms with E-state index in [4.69, 9.17) is 0 Å². The molecule has 1 saturated carbocycles. The Labute approximate surface area is 198 Å². The van der Waals surface area contributed by atoms with Gasteiger partial charge in [0.15, 0.2) is 0 Å². The summed E-state index contributed by atoms with van der Waals surface area (Å²) >= 11 is 0. The SMILES string of the molecule is CC(C)(C)c1ccc(C2(C)NC(=O)N(CC(=O)NN3C(=O)NC4(CCCCC4)C3=O)C2=O)cc1. The van der Waals surface area contributed by atoms with E-state index in [2.05, 4.69) is 36.8 Å². The van der Waals surface area contributed by atoms with E-state index < -0.39 is 47.4 Å². The maximum atomic E-state index is 13.2. The van der Waals surface area contributed by atoms with Crippen molar-refractivity contribution in [1.29, 1.82) is 0 Å². The van der Waals surface area contributed by atoms with Crippen molar-refractivity contribution in [3.05, 3.63) is 35.4 Å². The second-order valence-corrected chi connectivity index (χ2v) is 10.5. The molecule has 1 unspecified atom stereocenters. The van der Waals surface area contributed by atoms with Gasteiger partial charge in [-0.25, -0.2) is 9.59 Å². The van der Waals surface area contributed by atoms with E-state index >= 15 is 0 Å². The number of carbonyl (C=O) groups excluding carboxylic acids is 5. The number of rotatable bonds is 4. The third kappa shape index (κ3) is 3.91. The first-order chi connectivity index (χ1) is 15.9. The summed E-state index contributed by atoms with van der Waals surface area (Å²) < 4.78 is 0. The van der Waals surface area contributed by atoms with Crippen molar-refractivity contribution in [3.8, 4) is 0 Å². The minimum atomic E-state index is -1.33. The maximum Gasteiger partial charge on any atom is 0.344 e. The lowest BCUT2D eigenvalue weighted by Crippen LogP contribution is -2.53. The summed E-state index contributed by atoms with van der Waals surface area (Å²) in [4.78, 5) is 64.4. The number of imide groups is 2. The van der Waals surface area contributed by atoms with Crippen molar-refractivity contribution >= 4 is 29.8 Å². The first kappa shape index (κ1) is 23.7. The number of hydrazine groups is 1. The summed E-state index contributed by atoms with van der Waals surface area (Å²) in [5, 5.41) is 6.03. The molecule has 1 aliphatic carbocycles. The van der Waals surface area contributed by atoms with Gasteiger partial charge in [0.05, 0.1) is 0 Å². The molecule has 3 fully saturated rings. The average Bonchev–Trinajstić information content (AvgIpc) is 3.13. The third-order valence-corrected chi connectivity index (χ3v) is 7.01. The van der Waals surface area contributed by atoms with Crippen LogP contribution in [0.2, 0.25) is 0 Å². The van der Waals surface area contributed by atoms with E-state index in [0.29, 0.717) is 23.4 Å². The van der Waals surface area contributed by atoms with Crippen molar-refractivity contribution in [2.45, 2.75) is 76.3 Å². The molecule has 1 atom stereocenters. The molecule has 2 heterocycles. The zero-order valence-electron chi connectivity index (χ0n) is 20.0. The fourth-order valence-electron chi connectivity index (χ4n) is 4.86. The van der Waals surface area contributed by atoms with Crippen molar-refractivity contribution in [2.24, 2.45) is 0 Å². The average molecular weight is 470 g/mol. The third-order valence-electron chi connectivity index (χ3n) is 7.01. The smallest absolute Gasteiger partial charge is 0.322 e. The van der Waals surface area contributed by atoms with Gasteiger partial charge in [0.1, 0.15) is 17.6 Å². The van der Waals surface area contributed by atoms with Crippen LogP contribution >= 0.6 is 0 Å². The van der Waals surface area contributed by atoms with Crippen LogP contribution in [0.25, 0.3) is 0 Å². The van der Waals surface area contributed by atoms with E-state index in [1.807, 2.05) is 12.1 Å². The highest BCUT2D eigenvalue weighted by Gasteiger charge is 2.53. The molecule has 10 nitrogen and oxygen atoms in total. The summed E-state index contributed by atoms with van der Waals surface area (Å²) in [5.74, 6) is -1.91. The normalized spacial score (nSPS) is 24.5. The molecule has 1 spiro atoms. The number of hydrogen-bond acceptors (Lipinski definition) is 5. The van der Waals surface area contributed by atoms with E-state index in [0.717, 1.165) is 29.7 Å². The van der Waals surface area contributed by atoms with Crippen LogP contribution in [-0.4, -0.2) is 51.8 Å². The minimum absolute atomic E-state index is 0.0675. The van der Waals surface area contributed by atoms with Gasteiger partial charge < -0.3 is 10.6 Å². The largest absolute Gasteiger partial charge is 0.344 e. The Kier molecular flexibility index (Phi) is 5.65. The molecule has 0 bridgehead atoms. The lowest BCUT2D eigenvalue weighted by atomic mass is 9.82. The fourth-order valence-corrected chi connectivity index (χ4v) is 4.86. The maximum absolute atomic E-state index is 13.2. The van der Waals surface area contributed by atoms with Crippen molar-refractivity contribution < 1.29 is 24.0 Å². The standard InChI is InChI=1S/C24H31N5O5/c1-22(2,3)15-8-10-16(11-9-15)23(4)18(31)28(20(33)25-23)14-17(30)27-29-19(32)24(26-21(29)34)12-6-5-7-13-24/h8-11H,5-7,12-14H2,1-4H3,(H,25,33)(H,26,34)(H,27,30). The van der Waals surface area contributed by atoms with Gasteiger partial charge in [0.25, 0.3) is 17.7 Å². The van der Waals surface area contributed by atoms with Crippen molar-refractivity contribution in [3.63, 3.8) is 0 Å². The lowest BCUT2D eigenvalue weighted by molar-refractivity contribution is -0.141. The molecule has 3 aliphatic rings. The van der Waals surface area contributed by atoms with Gasteiger partial charge in [-0.05, 0) is 36.3 Å². The molecule has 1 aromatic rings. The van der Waals surface area contributed by atoms with Crippen LogP contribution in [-0.2, 0) is 25.3 Å². The van der Waals surface area contributed by atoms with Gasteiger partial charge in [0, 0.05) is 0 Å². The summed E-state index contributed by atoms with van der Waals surface area (Å²) in [6.07, 6.45) is 3.64. The molecule has 10 heteroatoms. The number of urea groups is 2. The predicted molar refractivity (Wildman–Crippen MR) is 122 cm³/mol. The molecule has 0 aromatic heterocycles. The summed E-state index contributed by atoms with van der Waals surface area (Å²) in [6, 6.07) is 5.98. The summed E-state index contributed by atoms with van der Waals surface area (Å²) in [6.45, 7) is 7.20. The first-order valence-corrected chi connectivity index (χ1v) is 11.6. The predicted octanol–water partition coefficient (Wildman–Crippen LogP) is 2.04.